The van der Waals surface area contributed by atoms with Crippen LogP contribution in [0, 0.1) is 0 Å². The third-order valence-electron chi connectivity index (χ3n) is 1.88. The molecule has 0 radical (unpaired) electrons. The molecule has 0 aromatic heterocycles. The minimum atomic E-state index is -0.938. The summed E-state index contributed by atoms with van der Waals surface area (Å²) in [6.45, 7) is 0.0769. The van der Waals surface area contributed by atoms with Gasteiger partial charge in [0.1, 0.15) is 18.4 Å². The Bertz CT molecular complexity index is 326. The largest absolute Gasteiger partial charge is 0.491 e. The molecule has 0 saturated carbocycles. The van der Waals surface area contributed by atoms with E-state index in [1.54, 1.807) is 31.3 Å². The van der Waals surface area contributed by atoms with E-state index in [2.05, 4.69) is 5.32 Å². The first kappa shape index (κ1) is 11.8. The van der Waals surface area contributed by atoms with Crippen molar-refractivity contribution in [1.29, 1.82) is 0 Å². The van der Waals surface area contributed by atoms with Gasteiger partial charge in [0.2, 0.25) is 0 Å². The highest BCUT2D eigenvalue weighted by molar-refractivity contribution is 6.30. The number of likely N-dealkylation sites (N-methyl/N-ethyl adjacent to an activating group) is 1. The average molecular weight is 230 g/mol. The first-order valence-electron chi connectivity index (χ1n) is 4.42. The van der Waals surface area contributed by atoms with Crippen molar-refractivity contribution in [3.63, 3.8) is 0 Å². The second-order valence-electron chi connectivity index (χ2n) is 2.94. The van der Waals surface area contributed by atoms with Crippen molar-refractivity contribution in [2.45, 2.75) is 6.04 Å². The molecule has 1 aromatic rings. The maximum Gasteiger partial charge on any atom is 0.324 e. The van der Waals surface area contributed by atoms with Gasteiger partial charge in [-0.2, -0.15) is 0 Å². The number of benzene rings is 1. The van der Waals surface area contributed by atoms with E-state index < -0.39 is 12.0 Å². The molecule has 0 bridgehead atoms. The van der Waals surface area contributed by atoms with Crippen molar-refractivity contribution in [1.82, 2.24) is 5.32 Å². The van der Waals surface area contributed by atoms with E-state index in [0.717, 1.165) is 0 Å². The van der Waals surface area contributed by atoms with Gasteiger partial charge in [0, 0.05) is 5.02 Å². The molecule has 1 rings (SSSR count). The van der Waals surface area contributed by atoms with Crippen molar-refractivity contribution >= 4 is 17.6 Å². The van der Waals surface area contributed by atoms with Crippen molar-refractivity contribution in [2.75, 3.05) is 13.7 Å². The molecule has 4 nitrogen and oxygen atoms in total. The van der Waals surface area contributed by atoms with Crippen molar-refractivity contribution in [2.24, 2.45) is 0 Å². The van der Waals surface area contributed by atoms with E-state index in [1.807, 2.05) is 0 Å². The number of hydrogen-bond acceptors (Lipinski definition) is 3. The number of aliphatic carboxylic acids is 1. The third kappa shape index (κ3) is 3.77. The molecule has 0 aliphatic heterocycles. The van der Waals surface area contributed by atoms with Gasteiger partial charge in [-0.3, -0.25) is 4.79 Å². The molecule has 1 aromatic carbocycles. The van der Waals surface area contributed by atoms with Gasteiger partial charge in [0.05, 0.1) is 0 Å². The Balaban J connectivity index is 2.49. The molecule has 82 valence electrons. The van der Waals surface area contributed by atoms with Gasteiger partial charge in [0.15, 0.2) is 0 Å². The Morgan fingerprint density at radius 1 is 1.53 bits per heavy atom. The summed E-state index contributed by atoms with van der Waals surface area (Å²) < 4.78 is 5.27. The average Bonchev–Trinajstić information content (AvgIpc) is 2.21. The molecule has 0 unspecified atom stereocenters. The standard InChI is InChI=1S/C10H12ClNO3/c1-12-9(10(13)14)6-15-8-4-2-7(11)3-5-8/h2-5,9,12H,6H2,1H3,(H,13,14)/t9-/m0/s1. The third-order valence-corrected chi connectivity index (χ3v) is 2.13. The molecule has 1 atom stereocenters. The number of carboxylic acids is 1. The summed E-state index contributed by atoms with van der Waals surface area (Å²) in [5.74, 6) is -0.340. The number of rotatable bonds is 5. The van der Waals surface area contributed by atoms with Gasteiger partial charge in [-0.1, -0.05) is 11.6 Å². The molecule has 0 amide bonds. The van der Waals surface area contributed by atoms with Crippen LogP contribution < -0.4 is 10.1 Å². The first-order chi connectivity index (χ1) is 7.13. The van der Waals surface area contributed by atoms with Crippen LogP contribution in [0.2, 0.25) is 5.02 Å². The number of carboxylic acid groups (broad SMARTS) is 1. The predicted octanol–water partition coefficient (Wildman–Crippen LogP) is 1.39. The van der Waals surface area contributed by atoms with E-state index in [-0.39, 0.29) is 6.61 Å². The van der Waals surface area contributed by atoms with Crippen LogP contribution >= 0.6 is 11.6 Å². The summed E-state index contributed by atoms with van der Waals surface area (Å²) in [5, 5.41) is 12.0. The molecule has 0 saturated heterocycles. The Labute approximate surface area is 92.8 Å². The topological polar surface area (TPSA) is 58.6 Å². The minimum Gasteiger partial charge on any atom is -0.491 e. The van der Waals surface area contributed by atoms with Gasteiger partial charge >= 0.3 is 5.97 Å². The van der Waals surface area contributed by atoms with Gasteiger partial charge in [0.25, 0.3) is 0 Å². The number of halogens is 1. The second-order valence-corrected chi connectivity index (χ2v) is 3.38. The lowest BCUT2D eigenvalue weighted by atomic mass is 10.3. The molecule has 0 fully saturated rings. The normalized spacial score (nSPS) is 12.1. The van der Waals surface area contributed by atoms with Crippen LogP contribution in [0.1, 0.15) is 0 Å². The molecule has 0 aliphatic rings. The van der Waals surface area contributed by atoms with Crippen molar-refractivity contribution < 1.29 is 14.6 Å². The molecule has 5 heteroatoms. The summed E-state index contributed by atoms with van der Waals surface area (Å²) in [6.07, 6.45) is 0. The zero-order chi connectivity index (χ0) is 11.3. The van der Waals surface area contributed by atoms with Crippen LogP contribution in [0.3, 0.4) is 0 Å². The van der Waals surface area contributed by atoms with Crippen LogP contribution in [0.15, 0.2) is 24.3 Å². The summed E-state index contributed by atoms with van der Waals surface area (Å²) in [4.78, 5) is 10.6. The Morgan fingerprint density at radius 3 is 2.60 bits per heavy atom. The minimum absolute atomic E-state index is 0.0769. The van der Waals surface area contributed by atoms with Crippen LogP contribution in [0.5, 0.6) is 5.75 Å². The SMILES string of the molecule is CN[C@@H](COc1ccc(Cl)cc1)C(=O)O. The van der Waals surface area contributed by atoms with Gasteiger partial charge in [-0.15, -0.1) is 0 Å². The first-order valence-corrected chi connectivity index (χ1v) is 4.79. The van der Waals surface area contributed by atoms with Crippen LogP contribution in [-0.4, -0.2) is 30.8 Å². The molecule has 15 heavy (non-hydrogen) atoms. The van der Waals surface area contributed by atoms with Crippen LogP contribution in [0.25, 0.3) is 0 Å². The maximum absolute atomic E-state index is 10.6. The van der Waals surface area contributed by atoms with Crippen molar-refractivity contribution in [3.05, 3.63) is 29.3 Å². The summed E-state index contributed by atoms with van der Waals surface area (Å²) in [7, 11) is 1.57. The fourth-order valence-corrected chi connectivity index (χ4v) is 1.11. The smallest absolute Gasteiger partial charge is 0.324 e. The van der Waals surface area contributed by atoms with E-state index in [1.165, 1.54) is 0 Å². The predicted molar refractivity (Wildman–Crippen MR) is 57.4 cm³/mol. The van der Waals surface area contributed by atoms with Crippen LogP contribution in [0.4, 0.5) is 0 Å². The summed E-state index contributed by atoms with van der Waals surface area (Å²) >= 11 is 5.69. The maximum atomic E-state index is 10.6. The molecular formula is C10H12ClNO3. The summed E-state index contributed by atoms with van der Waals surface area (Å²) in [6, 6.07) is 6.05. The second kappa shape index (κ2) is 5.58. The Hall–Kier alpha value is -1.26. The molecular weight excluding hydrogens is 218 g/mol. The van der Waals surface area contributed by atoms with E-state index in [0.29, 0.717) is 10.8 Å². The number of ether oxygens (including phenoxy) is 1. The lowest BCUT2D eigenvalue weighted by molar-refractivity contribution is -0.140. The zero-order valence-electron chi connectivity index (χ0n) is 8.24. The van der Waals surface area contributed by atoms with Crippen LogP contribution in [-0.2, 0) is 4.79 Å². The fraction of sp³-hybridized carbons (Fsp3) is 0.300. The summed E-state index contributed by atoms with van der Waals surface area (Å²) in [5.41, 5.74) is 0. The van der Waals surface area contributed by atoms with Gasteiger partial charge < -0.3 is 15.2 Å². The van der Waals surface area contributed by atoms with E-state index in [9.17, 15) is 4.79 Å². The highest BCUT2D eigenvalue weighted by atomic mass is 35.5. The zero-order valence-corrected chi connectivity index (χ0v) is 8.99. The molecule has 0 spiro atoms. The van der Waals surface area contributed by atoms with E-state index >= 15 is 0 Å². The Morgan fingerprint density at radius 2 is 2.13 bits per heavy atom. The monoisotopic (exact) mass is 229 g/mol. The van der Waals surface area contributed by atoms with E-state index in [4.69, 9.17) is 21.4 Å². The number of hydrogen-bond donors (Lipinski definition) is 2. The number of nitrogens with one attached hydrogen (secondary N) is 1. The lowest BCUT2D eigenvalue weighted by Crippen LogP contribution is -2.39. The Kier molecular flexibility index (Phi) is 4.39. The molecule has 0 aliphatic carbocycles. The van der Waals surface area contributed by atoms with Gasteiger partial charge in [-0.05, 0) is 31.3 Å². The molecule has 2 N–H and O–H groups in total. The fourth-order valence-electron chi connectivity index (χ4n) is 0.988. The van der Waals surface area contributed by atoms with Crippen molar-refractivity contribution in [3.8, 4) is 5.75 Å². The highest BCUT2D eigenvalue weighted by Crippen LogP contribution is 2.15. The quantitative estimate of drug-likeness (QED) is 0.801. The molecule has 0 heterocycles. The number of carbonyl (C=O) groups is 1. The van der Waals surface area contributed by atoms with Gasteiger partial charge in [-0.25, -0.2) is 0 Å². The highest BCUT2D eigenvalue weighted by Gasteiger charge is 2.15. The lowest BCUT2D eigenvalue weighted by Gasteiger charge is -2.12.